The summed E-state index contributed by atoms with van der Waals surface area (Å²) in [5.74, 6) is 0.737. The molecule has 0 saturated carbocycles. The summed E-state index contributed by atoms with van der Waals surface area (Å²) in [7, 11) is 7.82. The van der Waals surface area contributed by atoms with Crippen LogP contribution in [-0.2, 0) is 11.2 Å². The van der Waals surface area contributed by atoms with Gasteiger partial charge in [-0.3, -0.25) is 4.79 Å². The van der Waals surface area contributed by atoms with Gasteiger partial charge in [-0.1, -0.05) is 24.3 Å². The van der Waals surface area contributed by atoms with E-state index in [1.165, 1.54) is 6.07 Å². The molecule has 0 bridgehead atoms. The highest BCUT2D eigenvalue weighted by molar-refractivity contribution is 6.18. The minimum absolute atomic E-state index is 0.0575. The summed E-state index contributed by atoms with van der Waals surface area (Å²) in [6.45, 7) is 1.19. The normalized spacial score (nSPS) is 11.2. The number of rotatable bonds is 14. The number of halogens is 1. The van der Waals surface area contributed by atoms with E-state index >= 15 is 0 Å². The van der Waals surface area contributed by atoms with E-state index in [0.717, 1.165) is 45.3 Å². The molecule has 9 heteroatoms. The van der Waals surface area contributed by atoms with E-state index in [4.69, 9.17) is 25.5 Å². The average molecular weight is 656 g/mol. The first kappa shape index (κ1) is 33.7. The number of carbonyl (C=O) groups is 2. The Morgan fingerprint density at radius 3 is 2.36 bits per heavy atom. The summed E-state index contributed by atoms with van der Waals surface area (Å²) in [5, 5.41) is 12.1. The lowest BCUT2D eigenvalue weighted by Gasteiger charge is -2.19. The number of benzene rings is 4. The number of aromatic carboxylic acids is 1. The smallest absolute Gasteiger partial charge is 0.336 e. The van der Waals surface area contributed by atoms with E-state index < -0.39 is 5.97 Å². The summed E-state index contributed by atoms with van der Waals surface area (Å²) in [6, 6.07) is 24.5. The van der Waals surface area contributed by atoms with Gasteiger partial charge in [-0.2, -0.15) is 0 Å². The minimum atomic E-state index is -1.11. The van der Waals surface area contributed by atoms with Crippen molar-refractivity contribution in [3.8, 4) is 28.2 Å². The molecule has 3 aromatic rings. The van der Waals surface area contributed by atoms with E-state index in [2.05, 4.69) is 0 Å². The maximum atomic E-state index is 13.1. The van der Waals surface area contributed by atoms with Gasteiger partial charge in [-0.15, -0.1) is 11.6 Å². The van der Waals surface area contributed by atoms with Gasteiger partial charge >= 0.3 is 5.97 Å². The summed E-state index contributed by atoms with van der Waals surface area (Å²) in [4.78, 5) is 27.8. The third-order valence-corrected chi connectivity index (χ3v) is 8.25. The van der Waals surface area contributed by atoms with E-state index in [0.29, 0.717) is 54.6 Å². The lowest BCUT2D eigenvalue weighted by molar-refractivity contribution is 0.0697. The zero-order valence-corrected chi connectivity index (χ0v) is 28.0. The Kier molecular flexibility index (Phi) is 11.0. The topological polar surface area (TPSA) is 92.2 Å². The van der Waals surface area contributed by atoms with E-state index in [1.54, 1.807) is 12.1 Å². The zero-order chi connectivity index (χ0) is 33.5. The van der Waals surface area contributed by atoms with Crippen LogP contribution in [0.2, 0.25) is 0 Å². The number of carboxylic acid groups (broad SMARTS) is 1. The van der Waals surface area contributed by atoms with Gasteiger partial charge < -0.3 is 23.9 Å². The number of carboxylic acids is 1. The van der Waals surface area contributed by atoms with Crippen LogP contribution in [0, 0.1) is 0 Å². The maximum Gasteiger partial charge on any atom is 0.336 e. The molecule has 0 saturated heterocycles. The Bertz CT molecular complexity index is 1930. The Morgan fingerprint density at radius 1 is 0.894 bits per heavy atom. The average Bonchev–Trinajstić information content (AvgIpc) is 3.06. The van der Waals surface area contributed by atoms with Crippen molar-refractivity contribution in [2.75, 3.05) is 58.8 Å². The van der Waals surface area contributed by atoms with E-state index in [1.807, 2.05) is 98.3 Å². The Morgan fingerprint density at radius 2 is 1.66 bits per heavy atom. The van der Waals surface area contributed by atoms with Crippen LogP contribution in [0.3, 0.4) is 0 Å². The molecule has 1 N–H and O–H groups in total. The number of Topliss-reactive ketones (excluding diaryl/α,β-unsaturated/α-hetero) is 1. The number of carbonyl (C=O) groups excluding carboxylic acids is 1. The second-order valence-electron chi connectivity index (χ2n) is 11.8. The number of ketones is 1. The van der Waals surface area contributed by atoms with Crippen LogP contribution in [0.15, 0.2) is 83.3 Å². The van der Waals surface area contributed by atoms with Gasteiger partial charge in [0.25, 0.3) is 0 Å². The van der Waals surface area contributed by atoms with Crippen LogP contribution in [0.5, 0.6) is 5.75 Å². The summed E-state index contributed by atoms with van der Waals surface area (Å²) < 4.78 is 19.8. The Balaban J connectivity index is 1.32. The van der Waals surface area contributed by atoms with Crippen molar-refractivity contribution < 1.29 is 28.6 Å². The lowest BCUT2D eigenvalue weighted by Crippen LogP contribution is -2.21. The molecule has 2 aliphatic rings. The molecule has 47 heavy (non-hydrogen) atoms. The first-order chi connectivity index (χ1) is 22.7. The zero-order valence-electron chi connectivity index (χ0n) is 27.2. The molecule has 0 spiro atoms. The Hall–Kier alpha value is -4.66. The lowest BCUT2D eigenvalue weighted by atomic mass is 9.89. The van der Waals surface area contributed by atoms with Crippen LogP contribution in [0.4, 0.5) is 5.69 Å². The van der Waals surface area contributed by atoms with Crippen LogP contribution in [0.1, 0.15) is 39.1 Å². The molecular weight excluding hydrogens is 616 g/mol. The predicted octanol–water partition coefficient (Wildman–Crippen LogP) is 6.84. The van der Waals surface area contributed by atoms with Crippen LogP contribution in [-0.4, -0.2) is 70.8 Å². The van der Waals surface area contributed by atoms with E-state index in [9.17, 15) is 14.7 Å². The highest BCUT2D eigenvalue weighted by atomic mass is 35.5. The molecule has 1 aliphatic heterocycles. The first-order valence-electron chi connectivity index (χ1n) is 15.6. The van der Waals surface area contributed by atoms with Crippen molar-refractivity contribution in [1.29, 1.82) is 0 Å². The van der Waals surface area contributed by atoms with Crippen molar-refractivity contribution in [2.45, 2.75) is 19.3 Å². The fourth-order valence-electron chi connectivity index (χ4n) is 5.49. The van der Waals surface area contributed by atoms with Crippen LogP contribution >= 0.6 is 11.6 Å². The van der Waals surface area contributed by atoms with Crippen molar-refractivity contribution in [1.82, 2.24) is 4.58 Å². The van der Waals surface area contributed by atoms with Crippen molar-refractivity contribution >= 4 is 40.0 Å². The minimum Gasteiger partial charge on any atom is -0.491 e. The van der Waals surface area contributed by atoms with Crippen LogP contribution < -0.4 is 19.6 Å². The van der Waals surface area contributed by atoms with Gasteiger partial charge in [0, 0.05) is 72.9 Å². The molecular formula is C38H40ClN2O6+. The molecule has 1 aliphatic carbocycles. The number of fused-ring (bicyclic) bond motifs is 2. The van der Waals surface area contributed by atoms with Crippen molar-refractivity contribution in [2.24, 2.45) is 0 Å². The van der Waals surface area contributed by atoms with Gasteiger partial charge in [0.05, 0.1) is 18.2 Å². The van der Waals surface area contributed by atoms with Crippen LogP contribution in [0.25, 0.3) is 33.4 Å². The number of ether oxygens (including phenoxy) is 2. The number of aryl methyl sites for hydroxylation is 1. The van der Waals surface area contributed by atoms with Gasteiger partial charge in [0.15, 0.2) is 5.78 Å². The number of hydrogen-bond donors (Lipinski definition) is 1. The van der Waals surface area contributed by atoms with Gasteiger partial charge in [0.2, 0.25) is 5.36 Å². The van der Waals surface area contributed by atoms with Gasteiger partial charge in [-0.05, 0) is 60.4 Å². The molecule has 0 amide bonds. The molecule has 8 nitrogen and oxygen atoms in total. The van der Waals surface area contributed by atoms with Crippen molar-refractivity contribution in [3.05, 3.63) is 101 Å². The first-order valence-corrected chi connectivity index (χ1v) is 16.1. The SMILES string of the molecule is CN(C)c1ccc2c(-c3ccc(C(=O)CCCOCCOc4ccc(CCCl)cc4)cc3C(=O)O)c3ccc(=[N+](C)C)cc-3oc2c1. The summed E-state index contributed by atoms with van der Waals surface area (Å²) in [5.41, 5.74) is 5.21. The van der Waals surface area contributed by atoms with Gasteiger partial charge in [0.1, 0.15) is 37.8 Å². The molecule has 5 rings (SSSR count). The number of alkyl halides is 1. The number of anilines is 1. The number of hydrogen-bond acceptors (Lipinski definition) is 6. The third kappa shape index (κ3) is 8.02. The quantitative estimate of drug-likeness (QED) is 0.0460. The second-order valence-corrected chi connectivity index (χ2v) is 12.1. The highest BCUT2D eigenvalue weighted by Gasteiger charge is 2.23. The molecule has 0 fully saturated rings. The monoisotopic (exact) mass is 655 g/mol. The standard InChI is InChI=1S/C38H39ClN2O6/c1-40(2)27-10-15-31-35(23-27)47-36-24-28(41(3)4)11-16-32(36)37(31)30-14-9-26(22-33(30)38(43)44)34(42)6-5-19-45-20-21-46-29-12-7-25(8-13-29)17-18-39/h7-16,22-24H,5-6,17-21H2,1-4H3/p+1. The number of nitrogens with zero attached hydrogens (tertiary/aromatic N) is 2. The molecule has 3 aromatic carbocycles. The molecule has 0 unspecified atom stereocenters. The van der Waals surface area contributed by atoms with E-state index in [-0.39, 0.29) is 17.8 Å². The molecule has 1 heterocycles. The fourth-order valence-corrected chi connectivity index (χ4v) is 5.71. The molecule has 0 radical (unpaired) electrons. The predicted molar refractivity (Wildman–Crippen MR) is 187 cm³/mol. The largest absolute Gasteiger partial charge is 0.491 e. The van der Waals surface area contributed by atoms with Crippen molar-refractivity contribution in [3.63, 3.8) is 0 Å². The molecule has 0 aromatic heterocycles. The highest BCUT2D eigenvalue weighted by Crippen LogP contribution is 2.42. The Labute approximate surface area is 279 Å². The molecule has 244 valence electrons. The molecule has 0 atom stereocenters. The third-order valence-electron chi connectivity index (χ3n) is 8.06. The summed E-state index contributed by atoms with van der Waals surface area (Å²) >= 11 is 5.78. The fraction of sp³-hybridized carbons (Fsp3) is 0.289. The summed E-state index contributed by atoms with van der Waals surface area (Å²) in [6.07, 6.45) is 1.56. The maximum absolute atomic E-state index is 13.1. The second kappa shape index (κ2) is 15.3. The van der Waals surface area contributed by atoms with Gasteiger partial charge in [-0.25, -0.2) is 9.37 Å².